The molecule has 2 aromatic rings. The van der Waals surface area contributed by atoms with Crippen LogP contribution in [-0.4, -0.2) is 5.91 Å². The van der Waals surface area contributed by atoms with Crippen molar-refractivity contribution in [3.63, 3.8) is 0 Å². The number of hydrogen-bond acceptors (Lipinski definition) is 3. The Kier molecular flexibility index (Phi) is 3.89. The molecule has 1 heterocycles. The highest BCUT2D eigenvalue weighted by Gasteiger charge is 2.06. The highest BCUT2D eigenvalue weighted by Crippen LogP contribution is 2.24. The summed E-state index contributed by atoms with van der Waals surface area (Å²) < 4.78 is 0. The molecule has 0 atom stereocenters. The first-order chi connectivity index (χ1) is 8.56. The van der Waals surface area contributed by atoms with Crippen molar-refractivity contribution in [1.29, 1.82) is 0 Å². The van der Waals surface area contributed by atoms with Gasteiger partial charge in [0.15, 0.2) is 0 Å². The minimum absolute atomic E-state index is 0.448. The SMILES string of the molecule is Cc1ccc(CNc2cc(C(N)=O)ccc2Cl)s1. The number of nitrogens with two attached hydrogens (primary N) is 1. The molecule has 94 valence electrons. The Hall–Kier alpha value is -1.52. The molecule has 5 heteroatoms. The van der Waals surface area contributed by atoms with Gasteiger partial charge in [-0.15, -0.1) is 11.3 Å². The highest BCUT2D eigenvalue weighted by molar-refractivity contribution is 7.11. The Bertz CT molecular complexity index is 580. The van der Waals surface area contributed by atoms with E-state index in [0.29, 0.717) is 17.1 Å². The molecule has 1 aromatic heterocycles. The second kappa shape index (κ2) is 5.42. The molecule has 0 unspecified atom stereocenters. The molecule has 0 bridgehead atoms. The first kappa shape index (κ1) is 12.9. The number of anilines is 1. The number of thiophene rings is 1. The number of primary amides is 1. The molecule has 18 heavy (non-hydrogen) atoms. The van der Waals surface area contributed by atoms with Crippen LogP contribution >= 0.6 is 22.9 Å². The van der Waals surface area contributed by atoms with E-state index in [4.69, 9.17) is 17.3 Å². The molecule has 0 aliphatic carbocycles. The molecule has 0 aliphatic rings. The van der Waals surface area contributed by atoms with Gasteiger partial charge in [-0.1, -0.05) is 11.6 Å². The van der Waals surface area contributed by atoms with Gasteiger partial charge < -0.3 is 11.1 Å². The van der Waals surface area contributed by atoms with Gasteiger partial charge in [0.1, 0.15) is 0 Å². The fourth-order valence-corrected chi connectivity index (χ4v) is 2.59. The molecule has 3 N–H and O–H groups in total. The zero-order valence-electron chi connectivity index (χ0n) is 9.87. The van der Waals surface area contributed by atoms with Crippen molar-refractivity contribution >= 4 is 34.5 Å². The van der Waals surface area contributed by atoms with Crippen molar-refractivity contribution < 1.29 is 4.79 Å². The van der Waals surface area contributed by atoms with Gasteiger partial charge >= 0.3 is 0 Å². The minimum Gasteiger partial charge on any atom is -0.379 e. The lowest BCUT2D eigenvalue weighted by Gasteiger charge is -2.08. The van der Waals surface area contributed by atoms with E-state index in [1.165, 1.54) is 9.75 Å². The van der Waals surface area contributed by atoms with E-state index in [-0.39, 0.29) is 0 Å². The predicted octanol–water partition coefficient (Wildman–Crippen LogP) is 3.42. The molecular weight excluding hydrogens is 268 g/mol. The van der Waals surface area contributed by atoms with Crippen LogP contribution in [0.2, 0.25) is 5.02 Å². The maximum Gasteiger partial charge on any atom is 0.248 e. The molecule has 0 saturated carbocycles. The molecule has 0 aliphatic heterocycles. The number of hydrogen-bond donors (Lipinski definition) is 2. The standard InChI is InChI=1S/C13H13ClN2OS/c1-8-2-4-10(18-8)7-16-12-6-9(13(15)17)3-5-11(12)14/h2-6,16H,7H2,1H3,(H2,15,17). The number of rotatable bonds is 4. The van der Waals surface area contributed by atoms with Crippen molar-refractivity contribution in [2.45, 2.75) is 13.5 Å². The third kappa shape index (κ3) is 3.03. The Morgan fingerprint density at radius 3 is 2.78 bits per heavy atom. The Labute approximate surface area is 115 Å². The molecule has 3 nitrogen and oxygen atoms in total. The average molecular weight is 281 g/mol. The van der Waals surface area contributed by atoms with Crippen LogP contribution in [0.1, 0.15) is 20.1 Å². The number of amides is 1. The topological polar surface area (TPSA) is 55.1 Å². The average Bonchev–Trinajstić information content (AvgIpc) is 2.74. The van der Waals surface area contributed by atoms with Crippen LogP contribution in [0.5, 0.6) is 0 Å². The van der Waals surface area contributed by atoms with E-state index in [0.717, 1.165) is 5.69 Å². The van der Waals surface area contributed by atoms with Gasteiger partial charge in [0.2, 0.25) is 5.91 Å². The summed E-state index contributed by atoms with van der Waals surface area (Å²) in [6.07, 6.45) is 0. The number of halogens is 1. The van der Waals surface area contributed by atoms with Crippen molar-refractivity contribution in [2.24, 2.45) is 5.73 Å². The van der Waals surface area contributed by atoms with Gasteiger partial charge in [-0.05, 0) is 37.3 Å². The Morgan fingerprint density at radius 2 is 2.17 bits per heavy atom. The molecule has 0 radical (unpaired) electrons. The van der Waals surface area contributed by atoms with Gasteiger partial charge in [0.25, 0.3) is 0 Å². The van der Waals surface area contributed by atoms with Gasteiger partial charge in [-0.25, -0.2) is 0 Å². The first-order valence-electron chi connectivity index (χ1n) is 5.45. The molecule has 1 aromatic carbocycles. The van der Waals surface area contributed by atoms with Gasteiger partial charge in [-0.2, -0.15) is 0 Å². The van der Waals surface area contributed by atoms with Gasteiger partial charge in [0, 0.05) is 21.9 Å². The van der Waals surface area contributed by atoms with E-state index in [1.54, 1.807) is 29.5 Å². The fraction of sp³-hybridized carbons (Fsp3) is 0.154. The zero-order chi connectivity index (χ0) is 13.1. The van der Waals surface area contributed by atoms with Crippen molar-refractivity contribution in [3.8, 4) is 0 Å². The Morgan fingerprint density at radius 1 is 1.39 bits per heavy atom. The normalized spacial score (nSPS) is 10.3. The quantitative estimate of drug-likeness (QED) is 0.902. The molecular formula is C13H13ClN2OS. The van der Waals surface area contributed by atoms with Crippen LogP contribution in [0.4, 0.5) is 5.69 Å². The molecule has 1 amide bonds. The fourth-order valence-electron chi connectivity index (χ4n) is 1.58. The van der Waals surface area contributed by atoms with Crippen LogP contribution in [0.15, 0.2) is 30.3 Å². The second-order valence-corrected chi connectivity index (χ2v) is 5.70. The summed E-state index contributed by atoms with van der Waals surface area (Å²) in [5.41, 5.74) is 6.41. The second-order valence-electron chi connectivity index (χ2n) is 3.92. The molecule has 0 saturated heterocycles. The van der Waals surface area contributed by atoms with E-state index in [1.807, 2.05) is 0 Å². The molecule has 2 rings (SSSR count). The lowest BCUT2D eigenvalue weighted by Crippen LogP contribution is -2.11. The summed E-state index contributed by atoms with van der Waals surface area (Å²) in [5.74, 6) is -0.457. The van der Waals surface area contributed by atoms with E-state index >= 15 is 0 Å². The first-order valence-corrected chi connectivity index (χ1v) is 6.64. The number of nitrogens with one attached hydrogen (secondary N) is 1. The summed E-state index contributed by atoms with van der Waals surface area (Å²) in [6, 6.07) is 9.10. The number of carbonyl (C=O) groups excluding carboxylic acids is 1. The van der Waals surface area contributed by atoms with Gasteiger partial charge in [0.05, 0.1) is 10.7 Å². The van der Waals surface area contributed by atoms with Crippen molar-refractivity contribution in [3.05, 3.63) is 50.7 Å². The summed E-state index contributed by atoms with van der Waals surface area (Å²) >= 11 is 7.79. The monoisotopic (exact) mass is 280 g/mol. The summed E-state index contributed by atoms with van der Waals surface area (Å²) in [5, 5.41) is 3.79. The van der Waals surface area contributed by atoms with Gasteiger partial charge in [-0.3, -0.25) is 4.79 Å². The summed E-state index contributed by atoms with van der Waals surface area (Å²) in [4.78, 5) is 13.6. The minimum atomic E-state index is -0.457. The van der Waals surface area contributed by atoms with Crippen LogP contribution in [0.25, 0.3) is 0 Å². The third-order valence-corrected chi connectivity index (χ3v) is 3.83. The number of carbonyl (C=O) groups is 1. The smallest absolute Gasteiger partial charge is 0.248 e. The van der Waals surface area contributed by atoms with Crippen LogP contribution < -0.4 is 11.1 Å². The maximum atomic E-state index is 11.1. The van der Waals surface area contributed by atoms with E-state index < -0.39 is 5.91 Å². The largest absolute Gasteiger partial charge is 0.379 e. The van der Waals surface area contributed by atoms with Crippen LogP contribution in [-0.2, 0) is 6.54 Å². The molecule has 0 spiro atoms. The lowest BCUT2D eigenvalue weighted by atomic mass is 10.2. The molecule has 0 fully saturated rings. The highest BCUT2D eigenvalue weighted by atomic mass is 35.5. The zero-order valence-corrected chi connectivity index (χ0v) is 11.4. The number of benzene rings is 1. The third-order valence-electron chi connectivity index (χ3n) is 2.50. The number of aryl methyl sites for hydroxylation is 1. The van der Waals surface area contributed by atoms with E-state index in [9.17, 15) is 4.79 Å². The summed E-state index contributed by atoms with van der Waals surface area (Å²) in [6.45, 7) is 2.75. The van der Waals surface area contributed by atoms with Crippen molar-refractivity contribution in [1.82, 2.24) is 0 Å². The van der Waals surface area contributed by atoms with Crippen molar-refractivity contribution in [2.75, 3.05) is 5.32 Å². The lowest BCUT2D eigenvalue weighted by molar-refractivity contribution is 0.100. The predicted molar refractivity (Wildman–Crippen MR) is 76.4 cm³/mol. The summed E-state index contributed by atoms with van der Waals surface area (Å²) in [7, 11) is 0. The van der Waals surface area contributed by atoms with Crippen LogP contribution in [0.3, 0.4) is 0 Å². The van der Waals surface area contributed by atoms with E-state index in [2.05, 4.69) is 24.4 Å². The Balaban J connectivity index is 2.13. The van der Waals surface area contributed by atoms with Crippen LogP contribution in [0, 0.1) is 6.92 Å². The maximum absolute atomic E-state index is 11.1.